The molecule has 3 heterocycles. The molecule has 2 N–H and O–H groups in total. The van der Waals surface area contributed by atoms with E-state index in [9.17, 15) is 10.2 Å². The summed E-state index contributed by atoms with van der Waals surface area (Å²) >= 11 is 1.46. The van der Waals surface area contributed by atoms with Crippen LogP contribution in [0.4, 0.5) is 0 Å². The predicted octanol–water partition coefficient (Wildman–Crippen LogP) is 1.20. The Hall–Kier alpha value is -2.20. The highest BCUT2D eigenvalue weighted by Crippen LogP contribution is 2.40. The van der Waals surface area contributed by atoms with Gasteiger partial charge in [0.25, 0.3) is 0 Å². The second-order valence-corrected chi connectivity index (χ2v) is 7.53. The van der Waals surface area contributed by atoms with Crippen molar-refractivity contribution in [3.8, 4) is 11.6 Å². The number of benzene rings is 1. The molecule has 0 spiro atoms. The molecule has 0 bridgehead atoms. The van der Waals surface area contributed by atoms with Gasteiger partial charge in [-0.3, -0.25) is 9.80 Å². The van der Waals surface area contributed by atoms with E-state index < -0.39 is 0 Å². The van der Waals surface area contributed by atoms with Gasteiger partial charge in [0.2, 0.25) is 10.8 Å². The van der Waals surface area contributed by atoms with Gasteiger partial charge in [0, 0.05) is 32.7 Å². The molecule has 1 aliphatic rings. The van der Waals surface area contributed by atoms with Crippen molar-refractivity contribution in [2.24, 2.45) is 0 Å². The van der Waals surface area contributed by atoms with Crippen molar-refractivity contribution in [2.75, 3.05) is 46.4 Å². The SMILES string of the molecule is COc1ccc([C@H](c2sc3ncnn3c2O)N2CCN(CCO)CC2)cc1. The van der Waals surface area contributed by atoms with Crippen molar-refractivity contribution in [3.05, 3.63) is 41.0 Å². The number of methoxy groups -OCH3 is 1. The van der Waals surface area contributed by atoms with Crippen molar-refractivity contribution < 1.29 is 14.9 Å². The summed E-state index contributed by atoms with van der Waals surface area (Å²) in [4.78, 5) is 10.4. The van der Waals surface area contributed by atoms with Crippen LogP contribution in [-0.2, 0) is 0 Å². The van der Waals surface area contributed by atoms with Crippen molar-refractivity contribution in [2.45, 2.75) is 6.04 Å². The molecule has 1 aromatic carbocycles. The first-order valence-electron chi connectivity index (χ1n) is 8.94. The zero-order chi connectivity index (χ0) is 18.8. The first-order valence-corrected chi connectivity index (χ1v) is 9.75. The monoisotopic (exact) mass is 389 g/mol. The van der Waals surface area contributed by atoms with E-state index in [1.165, 1.54) is 22.2 Å². The van der Waals surface area contributed by atoms with Crippen molar-refractivity contribution in [3.63, 3.8) is 0 Å². The van der Waals surface area contributed by atoms with E-state index in [4.69, 9.17) is 4.74 Å². The number of ether oxygens (including phenoxy) is 1. The lowest BCUT2D eigenvalue weighted by Gasteiger charge is -2.39. The van der Waals surface area contributed by atoms with Crippen molar-refractivity contribution >= 4 is 16.3 Å². The Labute approximate surface area is 161 Å². The van der Waals surface area contributed by atoms with Gasteiger partial charge in [-0.1, -0.05) is 23.5 Å². The molecule has 4 rings (SSSR count). The first kappa shape index (κ1) is 18.2. The number of rotatable bonds is 6. The van der Waals surface area contributed by atoms with Gasteiger partial charge in [-0.2, -0.15) is 9.61 Å². The summed E-state index contributed by atoms with van der Waals surface area (Å²) in [6.07, 6.45) is 1.45. The molecule has 0 aliphatic carbocycles. The summed E-state index contributed by atoms with van der Waals surface area (Å²) in [6.45, 7) is 4.34. The van der Waals surface area contributed by atoms with E-state index >= 15 is 0 Å². The molecule has 27 heavy (non-hydrogen) atoms. The molecule has 0 radical (unpaired) electrons. The Kier molecular flexibility index (Phi) is 5.26. The largest absolute Gasteiger partial charge is 0.497 e. The van der Waals surface area contributed by atoms with Crippen molar-refractivity contribution in [1.82, 2.24) is 24.4 Å². The third kappa shape index (κ3) is 3.51. The van der Waals surface area contributed by atoms with Gasteiger partial charge in [-0.25, -0.2) is 4.98 Å². The van der Waals surface area contributed by atoms with Gasteiger partial charge in [-0.15, -0.1) is 0 Å². The van der Waals surface area contributed by atoms with E-state index in [-0.39, 0.29) is 18.5 Å². The molecule has 8 nitrogen and oxygen atoms in total. The maximum absolute atomic E-state index is 10.8. The molecule has 1 atom stereocenters. The number of piperazine rings is 1. The lowest BCUT2D eigenvalue weighted by molar-refractivity contribution is 0.0945. The highest BCUT2D eigenvalue weighted by Gasteiger charge is 2.31. The standard InChI is InChI=1S/C18H23N5O3S/c1-26-14-4-2-13(3-5-14)15(22-8-6-21(7-9-22)10-11-24)16-17(25)23-18(27-16)19-12-20-23/h2-5,12,15,24-25H,6-11H2,1H3/t15-/m1/s1. The molecule has 3 aromatic rings. The molecular formula is C18H23N5O3S. The zero-order valence-electron chi connectivity index (χ0n) is 15.2. The molecule has 0 amide bonds. The van der Waals surface area contributed by atoms with Crippen LogP contribution in [-0.4, -0.2) is 81.1 Å². The van der Waals surface area contributed by atoms with Crippen LogP contribution in [0.25, 0.3) is 4.96 Å². The Morgan fingerprint density at radius 1 is 1.19 bits per heavy atom. The summed E-state index contributed by atoms with van der Waals surface area (Å²) in [5.74, 6) is 0.947. The van der Waals surface area contributed by atoms with Crippen LogP contribution in [0, 0.1) is 0 Å². The quantitative estimate of drug-likeness (QED) is 0.655. The summed E-state index contributed by atoms with van der Waals surface area (Å²) in [5, 5.41) is 24.0. The van der Waals surface area contributed by atoms with Gasteiger partial charge in [0.05, 0.1) is 24.6 Å². The van der Waals surface area contributed by atoms with E-state index in [0.29, 0.717) is 11.5 Å². The summed E-state index contributed by atoms with van der Waals surface area (Å²) < 4.78 is 6.77. The van der Waals surface area contributed by atoms with Crippen LogP contribution < -0.4 is 4.74 Å². The number of fused-ring (bicyclic) bond motifs is 1. The Balaban J connectivity index is 1.69. The second-order valence-electron chi connectivity index (χ2n) is 6.52. The predicted molar refractivity (Wildman–Crippen MR) is 102 cm³/mol. The fraction of sp³-hybridized carbons (Fsp3) is 0.444. The number of hydrogen-bond donors (Lipinski definition) is 2. The van der Waals surface area contributed by atoms with Gasteiger partial charge in [0.15, 0.2) is 0 Å². The molecule has 1 aliphatic heterocycles. The first-order chi connectivity index (χ1) is 13.2. The summed E-state index contributed by atoms with van der Waals surface area (Å²) in [5.41, 5.74) is 1.09. The molecule has 1 fully saturated rings. The van der Waals surface area contributed by atoms with E-state index in [0.717, 1.165) is 42.4 Å². The van der Waals surface area contributed by atoms with Crippen LogP contribution in [0.2, 0.25) is 0 Å². The molecule has 2 aromatic heterocycles. The van der Waals surface area contributed by atoms with Gasteiger partial charge in [-0.05, 0) is 17.7 Å². The minimum atomic E-state index is -0.0827. The molecule has 0 saturated carbocycles. The number of β-amino-alcohol motifs (C(OH)–C–C–N with tert-alkyl or cyclic N) is 1. The molecule has 144 valence electrons. The highest BCUT2D eigenvalue weighted by atomic mass is 32.1. The van der Waals surface area contributed by atoms with Crippen LogP contribution in [0.15, 0.2) is 30.6 Å². The normalized spacial score (nSPS) is 17.4. The number of nitrogens with zero attached hydrogens (tertiary/aromatic N) is 5. The van der Waals surface area contributed by atoms with Gasteiger partial charge >= 0.3 is 0 Å². The van der Waals surface area contributed by atoms with Crippen LogP contribution in [0.1, 0.15) is 16.5 Å². The fourth-order valence-corrected chi connectivity index (χ4v) is 4.66. The minimum absolute atomic E-state index is 0.0827. The van der Waals surface area contributed by atoms with Gasteiger partial charge in [0.1, 0.15) is 12.1 Å². The molecular weight excluding hydrogens is 366 g/mol. The smallest absolute Gasteiger partial charge is 0.230 e. The third-order valence-electron chi connectivity index (χ3n) is 5.01. The Bertz CT molecular complexity index is 886. The average molecular weight is 389 g/mol. The number of aliphatic hydroxyl groups excluding tert-OH is 1. The zero-order valence-corrected chi connectivity index (χ0v) is 16.0. The molecule has 1 saturated heterocycles. The second kappa shape index (κ2) is 7.81. The van der Waals surface area contributed by atoms with E-state index in [1.54, 1.807) is 7.11 Å². The van der Waals surface area contributed by atoms with E-state index in [1.807, 2.05) is 24.3 Å². The van der Waals surface area contributed by atoms with Crippen LogP contribution in [0.5, 0.6) is 11.6 Å². The summed E-state index contributed by atoms with van der Waals surface area (Å²) in [6, 6.07) is 7.88. The summed E-state index contributed by atoms with van der Waals surface area (Å²) in [7, 11) is 1.65. The Morgan fingerprint density at radius 3 is 2.56 bits per heavy atom. The van der Waals surface area contributed by atoms with Crippen molar-refractivity contribution in [1.29, 1.82) is 0 Å². The highest BCUT2D eigenvalue weighted by molar-refractivity contribution is 7.17. The van der Waals surface area contributed by atoms with Gasteiger partial charge < -0.3 is 14.9 Å². The number of aromatic nitrogens is 3. The fourth-order valence-electron chi connectivity index (χ4n) is 3.57. The number of thiazole rings is 1. The minimum Gasteiger partial charge on any atom is -0.497 e. The maximum atomic E-state index is 10.8. The molecule has 0 unspecified atom stereocenters. The maximum Gasteiger partial charge on any atom is 0.230 e. The lowest BCUT2D eigenvalue weighted by Crippen LogP contribution is -2.48. The Morgan fingerprint density at radius 2 is 1.93 bits per heavy atom. The topological polar surface area (TPSA) is 86.4 Å². The third-order valence-corrected chi connectivity index (χ3v) is 6.09. The van der Waals surface area contributed by atoms with Crippen LogP contribution >= 0.6 is 11.3 Å². The average Bonchev–Trinajstić information content (AvgIpc) is 3.28. The van der Waals surface area contributed by atoms with Crippen LogP contribution in [0.3, 0.4) is 0 Å². The lowest BCUT2D eigenvalue weighted by atomic mass is 10.0. The number of hydrogen-bond acceptors (Lipinski definition) is 8. The van der Waals surface area contributed by atoms with E-state index in [2.05, 4.69) is 19.9 Å². The number of aromatic hydroxyl groups is 1. The number of aliphatic hydroxyl groups is 1. The molecule has 9 heteroatoms.